The van der Waals surface area contributed by atoms with Crippen LogP contribution in [0, 0.1) is 17.1 Å². The van der Waals surface area contributed by atoms with E-state index in [4.69, 9.17) is 10.00 Å². The van der Waals surface area contributed by atoms with E-state index < -0.39 is 5.82 Å². The molecule has 0 saturated heterocycles. The molecule has 19 heavy (non-hydrogen) atoms. The van der Waals surface area contributed by atoms with Crippen molar-refractivity contribution in [3.05, 3.63) is 59.4 Å². The highest BCUT2D eigenvalue weighted by Gasteiger charge is 2.01. The van der Waals surface area contributed by atoms with Crippen LogP contribution in [0.25, 0.3) is 0 Å². The number of methoxy groups -OCH3 is 1. The van der Waals surface area contributed by atoms with Crippen molar-refractivity contribution < 1.29 is 9.13 Å². The molecule has 2 rings (SSSR count). The molecule has 2 aromatic carbocycles. The number of halogens is 1. The molecule has 0 fully saturated rings. The SMILES string of the molecule is COc1cccc(N=Cc2ccc(C#N)c(F)c2)c1. The molecule has 0 unspecified atom stereocenters. The topological polar surface area (TPSA) is 45.4 Å². The minimum Gasteiger partial charge on any atom is -0.497 e. The third kappa shape index (κ3) is 3.17. The Hall–Kier alpha value is -2.67. The lowest BCUT2D eigenvalue weighted by molar-refractivity contribution is 0.415. The summed E-state index contributed by atoms with van der Waals surface area (Å²) in [5, 5.41) is 8.64. The average Bonchev–Trinajstić information content (AvgIpc) is 2.45. The number of aliphatic imine (C=N–C) groups is 1. The third-order valence-electron chi connectivity index (χ3n) is 2.53. The summed E-state index contributed by atoms with van der Waals surface area (Å²) in [7, 11) is 1.58. The van der Waals surface area contributed by atoms with Gasteiger partial charge in [-0.2, -0.15) is 5.26 Å². The van der Waals surface area contributed by atoms with Crippen LogP contribution in [0.2, 0.25) is 0 Å². The van der Waals surface area contributed by atoms with Crippen LogP contribution in [0.5, 0.6) is 5.75 Å². The minimum atomic E-state index is -0.544. The van der Waals surface area contributed by atoms with Crippen molar-refractivity contribution in [3.8, 4) is 11.8 Å². The largest absolute Gasteiger partial charge is 0.497 e. The van der Waals surface area contributed by atoms with Gasteiger partial charge >= 0.3 is 0 Å². The Morgan fingerprint density at radius 3 is 2.79 bits per heavy atom. The van der Waals surface area contributed by atoms with Crippen LogP contribution in [0.15, 0.2) is 47.5 Å². The van der Waals surface area contributed by atoms with Gasteiger partial charge in [-0.3, -0.25) is 4.99 Å². The van der Waals surface area contributed by atoms with Gasteiger partial charge in [0.25, 0.3) is 0 Å². The molecule has 0 atom stereocenters. The van der Waals surface area contributed by atoms with Gasteiger partial charge in [-0.1, -0.05) is 12.1 Å². The van der Waals surface area contributed by atoms with Gasteiger partial charge in [-0.25, -0.2) is 4.39 Å². The number of benzene rings is 2. The number of nitriles is 1. The third-order valence-corrected chi connectivity index (χ3v) is 2.53. The summed E-state index contributed by atoms with van der Waals surface area (Å²) in [4.78, 5) is 4.23. The maximum Gasteiger partial charge on any atom is 0.141 e. The molecule has 0 heterocycles. The molecule has 0 N–H and O–H groups in total. The lowest BCUT2D eigenvalue weighted by Gasteiger charge is -2.00. The van der Waals surface area contributed by atoms with E-state index in [-0.39, 0.29) is 5.56 Å². The van der Waals surface area contributed by atoms with E-state index in [0.717, 1.165) is 0 Å². The maximum atomic E-state index is 13.4. The molecule has 3 nitrogen and oxygen atoms in total. The Morgan fingerprint density at radius 2 is 2.11 bits per heavy atom. The van der Waals surface area contributed by atoms with Crippen LogP contribution in [0.1, 0.15) is 11.1 Å². The fourth-order valence-corrected chi connectivity index (χ4v) is 1.54. The molecule has 94 valence electrons. The highest BCUT2D eigenvalue weighted by Crippen LogP contribution is 2.19. The number of hydrogen-bond donors (Lipinski definition) is 0. The van der Waals surface area contributed by atoms with Crippen LogP contribution in [0.4, 0.5) is 10.1 Å². The second-order valence-electron chi connectivity index (χ2n) is 3.81. The summed E-state index contributed by atoms with van der Waals surface area (Å²) in [6.45, 7) is 0. The lowest BCUT2D eigenvalue weighted by Crippen LogP contribution is -1.87. The van der Waals surface area contributed by atoms with E-state index in [0.29, 0.717) is 17.0 Å². The molecule has 0 aromatic heterocycles. The van der Waals surface area contributed by atoms with Crippen molar-refractivity contribution in [2.45, 2.75) is 0 Å². The van der Waals surface area contributed by atoms with Gasteiger partial charge in [0.1, 0.15) is 17.6 Å². The molecule has 0 radical (unpaired) electrons. The van der Waals surface area contributed by atoms with E-state index in [2.05, 4.69) is 4.99 Å². The highest BCUT2D eigenvalue weighted by atomic mass is 19.1. The first kappa shape index (κ1) is 12.8. The molecular weight excluding hydrogens is 243 g/mol. The molecule has 0 saturated carbocycles. The first-order valence-electron chi connectivity index (χ1n) is 5.60. The summed E-state index contributed by atoms with van der Waals surface area (Å²) in [6.07, 6.45) is 1.54. The molecule has 0 spiro atoms. The van der Waals surface area contributed by atoms with Crippen LogP contribution in [-0.4, -0.2) is 13.3 Å². The van der Waals surface area contributed by atoms with E-state index in [1.807, 2.05) is 18.2 Å². The van der Waals surface area contributed by atoms with E-state index in [1.54, 1.807) is 31.5 Å². The van der Waals surface area contributed by atoms with Gasteiger partial charge in [0, 0.05) is 12.3 Å². The standard InChI is InChI=1S/C15H11FN2O/c1-19-14-4-2-3-13(8-14)18-10-11-5-6-12(9-17)15(16)7-11/h2-8,10H,1H3. The van der Waals surface area contributed by atoms with Gasteiger partial charge in [0.15, 0.2) is 0 Å². The second kappa shape index (κ2) is 5.78. The predicted octanol–water partition coefficient (Wildman–Crippen LogP) is 3.46. The summed E-state index contributed by atoms with van der Waals surface area (Å²) >= 11 is 0. The quantitative estimate of drug-likeness (QED) is 0.787. The van der Waals surface area contributed by atoms with E-state index in [9.17, 15) is 4.39 Å². The van der Waals surface area contributed by atoms with E-state index >= 15 is 0 Å². The van der Waals surface area contributed by atoms with Crippen molar-refractivity contribution in [2.24, 2.45) is 4.99 Å². The first-order valence-corrected chi connectivity index (χ1v) is 5.60. The summed E-state index contributed by atoms with van der Waals surface area (Å²) in [5.41, 5.74) is 1.34. The lowest BCUT2D eigenvalue weighted by atomic mass is 10.1. The van der Waals surface area contributed by atoms with Crippen molar-refractivity contribution in [3.63, 3.8) is 0 Å². The zero-order valence-corrected chi connectivity index (χ0v) is 10.3. The fraction of sp³-hybridized carbons (Fsp3) is 0.0667. The van der Waals surface area contributed by atoms with Crippen LogP contribution < -0.4 is 4.74 Å². The Balaban J connectivity index is 2.23. The Bertz CT molecular complexity index is 659. The van der Waals surface area contributed by atoms with Gasteiger partial charge in [0.05, 0.1) is 18.4 Å². The summed E-state index contributed by atoms with van der Waals surface area (Å²) in [6, 6.07) is 13.4. The number of hydrogen-bond acceptors (Lipinski definition) is 3. The van der Waals surface area contributed by atoms with E-state index in [1.165, 1.54) is 12.1 Å². The van der Waals surface area contributed by atoms with Crippen LogP contribution in [-0.2, 0) is 0 Å². The van der Waals surface area contributed by atoms with Crippen molar-refractivity contribution in [1.82, 2.24) is 0 Å². The van der Waals surface area contributed by atoms with Gasteiger partial charge in [-0.15, -0.1) is 0 Å². The maximum absolute atomic E-state index is 13.4. The zero-order chi connectivity index (χ0) is 13.7. The number of nitrogens with zero attached hydrogens (tertiary/aromatic N) is 2. The van der Waals surface area contributed by atoms with Crippen molar-refractivity contribution >= 4 is 11.9 Å². The molecule has 4 heteroatoms. The van der Waals surface area contributed by atoms with Gasteiger partial charge in [0.2, 0.25) is 0 Å². The Labute approximate surface area is 110 Å². The molecule has 2 aromatic rings. The molecule has 0 amide bonds. The fourth-order valence-electron chi connectivity index (χ4n) is 1.54. The smallest absolute Gasteiger partial charge is 0.141 e. The number of ether oxygens (including phenoxy) is 1. The van der Waals surface area contributed by atoms with Crippen molar-refractivity contribution in [2.75, 3.05) is 7.11 Å². The van der Waals surface area contributed by atoms with Gasteiger partial charge < -0.3 is 4.74 Å². The molecule has 0 aliphatic heterocycles. The zero-order valence-electron chi connectivity index (χ0n) is 10.3. The monoisotopic (exact) mass is 254 g/mol. The minimum absolute atomic E-state index is 0.0264. The predicted molar refractivity (Wildman–Crippen MR) is 71.4 cm³/mol. The Kier molecular flexibility index (Phi) is 3.89. The van der Waals surface area contributed by atoms with Crippen LogP contribution >= 0.6 is 0 Å². The number of rotatable bonds is 3. The first-order chi connectivity index (χ1) is 9.22. The summed E-state index contributed by atoms with van der Waals surface area (Å²) < 4.78 is 18.5. The van der Waals surface area contributed by atoms with Crippen molar-refractivity contribution in [1.29, 1.82) is 5.26 Å². The molecule has 0 aliphatic rings. The Morgan fingerprint density at radius 1 is 1.26 bits per heavy atom. The van der Waals surface area contributed by atoms with Gasteiger partial charge in [-0.05, 0) is 29.8 Å². The second-order valence-corrected chi connectivity index (χ2v) is 3.81. The molecular formula is C15H11FN2O. The average molecular weight is 254 g/mol. The molecule has 0 aliphatic carbocycles. The highest BCUT2D eigenvalue weighted by molar-refractivity contribution is 5.82. The van der Waals surface area contributed by atoms with Crippen LogP contribution in [0.3, 0.4) is 0 Å². The summed E-state index contributed by atoms with van der Waals surface area (Å²) in [5.74, 6) is 0.165. The molecule has 0 bridgehead atoms. The normalized spacial score (nSPS) is 10.4.